The normalized spacial score (nSPS) is 22.3. The average molecular weight is 236 g/mol. The van der Waals surface area contributed by atoms with Gasteiger partial charge in [-0.2, -0.15) is 0 Å². The maximum atomic E-state index is 4.97. The van der Waals surface area contributed by atoms with Crippen LogP contribution in [0.15, 0.2) is 35.3 Å². The molecule has 0 amide bonds. The first-order chi connectivity index (χ1) is 7.90. The number of rotatable bonds is 4. The van der Waals surface area contributed by atoms with Crippen LogP contribution in [0.2, 0.25) is 0 Å². The Bertz CT molecular complexity index is 353. The van der Waals surface area contributed by atoms with Crippen molar-refractivity contribution in [3.05, 3.63) is 35.9 Å². The minimum atomic E-state index is 0.396. The van der Waals surface area contributed by atoms with Crippen molar-refractivity contribution in [2.45, 2.75) is 6.04 Å². The number of nitrogens with one attached hydrogen (secondary N) is 1. The lowest BCUT2D eigenvalue weighted by atomic mass is 10.1. The molecule has 0 bridgehead atoms. The number of nitrogens with zero attached hydrogens (tertiary/aromatic N) is 1. The van der Waals surface area contributed by atoms with Crippen molar-refractivity contribution in [1.82, 2.24) is 5.32 Å². The van der Waals surface area contributed by atoms with Gasteiger partial charge in [0.15, 0.2) is 5.17 Å². The highest BCUT2D eigenvalue weighted by Crippen LogP contribution is 2.25. The Kier molecular flexibility index (Phi) is 4.25. The smallest absolute Gasteiger partial charge is 0.157 e. The lowest BCUT2D eigenvalue weighted by Gasteiger charge is -2.09. The lowest BCUT2D eigenvalue weighted by Crippen LogP contribution is -2.19. The van der Waals surface area contributed by atoms with E-state index >= 15 is 0 Å². The van der Waals surface area contributed by atoms with Crippen LogP contribution >= 0.6 is 11.8 Å². The predicted molar refractivity (Wildman–Crippen MR) is 69.0 cm³/mol. The van der Waals surface area contributed by atoms with Crippen molar-refractivity contribution in [2.24, 2.45) is 4.99 Å². The van der Waals surface area contributed by atoms with Crippen molar-refractivity contribution in [2.75, 3.05) is 26.0 Å². The van der Waals surface area contributed by atoms with E-state index in [1.807, 2.05) is 6.07 Å². The minimum absolute atomic E-state index is 0.396. The van der Waals surface area contributed by atoms with Crippen LogP contribution in [0, 0.1) is 0 Å². The van der Waals surface area contributed by atoms with Crippen molar-refractivity contribution in [3.8, 4) is 0 Å². The molecule has 1 aliphatic rings. The molecule has 0 aliphatic carbocycles. The van der Waals surface area contributed by atoms with E-state index in [4.69, 9.17) is 4.74 Å². The third-order valence-electron chi connectivity index (χ3n) is 2.44. The summed E-state index contributed by atoms with van der Waals surface area (Å²) in [6.45, 7) is 1.41. The first-order valence-electron chi connectivity index (χ1n) is 5.38. The zero-order chi connectivity index (χ0) is 11.2. The summed E-state index contributed by atoms with van der Waals surface area (Å²) in [5.74, 6) is 1.05. The van der Waals surface area contributed by atoms with E-state index in [0.717, 1.165) is 17.5 Å². The fourth-order valence-electron chi connectivity index (χ4n) is 1.59. The fourth-order valence-corrected chi connectivity index (χ4v) is 2.60. The van der Waals surface area contributed by atoms with Gasteiger partial charge in [0.2, 0.25) is 0 Å². The van der Waals surface area contributed by atoms with E-state index < -0.39 is 0 Å². The van der Waals surface area contributed by atoms with E-state index in [9.17, 15) is 0 Å². The third kappa shape index (κ3) is 3.00. The molecule has 1 saturated heterocycles. The summed E-state index contributed by atoms with van der Waals surface area (Å²) in [4.78, 5) is 4.43. The molecule has 1 aliphatic heterocycles. The van der Waals surface area contributed by atoms with Gasteiger partial charge in [0.1, 0.15) is 0 Å². The first-order valence-corrected chi connectivity index (χ1v) is 6.36. The Labute approximate surface area is 100 Å². The number of aliphatic imine (C=N–C) groups is 1. The van der Waals surface area contributed by atoms with Gasteiger partial charge < -0.3 is 10.1 Å². The molecule has 0 radical (unpaired) electrons. The molecule has 2 rings (SSSR count). The first kappa shape index (κ1) is 11.5. The lowest BCUT2D eigenvalue weighted by molar-refractivity contribution is 0.208. The summed E-state index contributed by atoms with van der Waals surface area (Å²) in [5.41, 5.74) is 1.33. The van der Waals surface area contributed by atoms with Crippen molar-refractivity contribution in [1.29, 1.82) is 0 Å². The van der Waals surface area contributed by atoms with Crippen LogP contribution in [0.4, 0.5) is 0 Å². The molecular weight excluding hydrogens is 220 g/mol. The molecule has 1 fully saturated rings. The highest BCUT2D eigenvalue weighted by atomic mass is 32.2. The van der Waals surface area contributed by atoms with Crippen LogP contribution in [-0.4, -0.2) is 31.2 Å². The van der Waals surface area contributed by atoms with Crippen LogP contribution in [-0.2, 0) is 4.74 Å². The third-order valence-corrected chi connectivity index (χ3v) is 3.46. The summed E-state index contributed by atoms with van der Waals surface area (Å²) in [7, 11) is 1.70. The largest absolute Gasteiger partial charge is 0.383 e. The van der Waals surface area contributed by atoms with Crippen LogP contribution in [0.3, 0.4) is 0 Å². The average Bonchev–Trinajstić information content (AvgIpc) is 2.79. The molecule has 1 atom stereocenters. The molecule has 0 aromatic heterocycles. The summed E-state index contributed by atoms with van der Waals surface area (Å²) < 4.78 is 4.97. The van der Waals surface area contributed by atoms with Crippen molar-refractivity contribution < 1.29 is 4.74 Å². The minimum Gasteiger partial charge on any atom is -0.383 e. The fraction of sp³-hybridized carbons (Fsp3) is 0.417. The second kappa shape index (κ2) is 5.92. The monoisotopic (exact) mass is 236 g/mol. The Morgan fingerprint density at radius 1 is 1.44 bits per heavy atom. The van der Waals surface area contributed by atoms with Gasteiger partial charge in [-0.3, -0.25) is 4.99 Å². The Morgan fingerprint density at radius 3 is 3.00 bits per heavy atom. The summed E-state index contributed by atoms with van der Waals surface area (Å²) in [6, 6.07) is 10.9. The predicted octanol–water partition coefficient (Wildman–Crippen LogP) is 2.07. The highest BCUT2D eigenvalue weighted by Gasteiger charge is 2.20. The zero-order valence-electron chi connectivity index (χ0n) is 9.35. The summed E-state index contributed by atoms with van der Waals surface area (Å²) in [5, 5.41) is 4.46. The van der Waals surface area contributed by atoms with Gasteiger partial charge in [-0.15, -0.1) is 0 Å². The number of thioether (sulfide) groups is 1. The maximum Gasteiger partial charge on any atom is 0.157 e. The molecule has 1 N–H and O–H groups in total. The molecule has 0 spiro atoms. The Balaban J connectivity index is 1.91. The molecule has 3 nitrogen and oxygen atoms in total. The van der Waals surface area contributed by atoms with Crippen molar-refractivity contribution in [3.63, 3.8) is 0 Å². The topological polar surface area (TPSA) is 33.6 Å². The number of hydrogen-bond acceptors (Lipinski definition) is 3. The van der Waals surface area contributed by atoms with Crippen molar-refractivity contribution >= 4 is 16.9 Å². The molecule has 1 heterocycles. The SMILES string of the molecule is COCCN=C1NC(c2ccccc2)CS1. The molecule has 4 heteroatoms. The Hall–Kier alpha value is -1.00. The molecule has 16 heavy (non-hydrogen) atoms. The van der Waals surface area contributed by atoms with E-state index in [1.165, 1.54) is 5.56 Å². The molecule has 86 valence electrons. The van der Waals surface area contributed by atoms with Gasteiger partial charge in [0, 0.05) is 12.9 Å². The van der Waals surface area contributed by atoms with E-state index in [-0.39, 0.29) is 0 Å². The second-order valence-corrected chi connectivity index (χ2v) is 4.61. The number of ether oxygens (including phenoxy) is 1. The standard InChI is InChI=1S/C12H16N2OS/c1-15-8-7-13-12-14-11(9-16-12)10-5-3-2-4-6-10/h2-6,11H,7-9H2,1H3,(H,13,14). The zero-order valence-corrected chi connectivity index (χ0v) is 10.2. The van der Waals surface area contributed by atoms with Gasteiger partial charge in [0.25, 0.3) is 0 Å². The maximum absolute atomic E-state index is 4.97. The summed E-state index contributed by atoms with van der Waals surface area (Å²) >= 11 is 1.78. The Morgan fingerprint density at radius 2 is 2.25 bits per heavy atom. The number of amidine groups is 1. The highest BCUT2D eigenvalue weighted by molar-refractivity contribution is 8.14. The van der Waals surface area contributed by atoms with Crippen LogP contribution in [0.5, 0.6) is 0 Å². The number of methoxy groups -OCH3 is 1. The van der Waals surface area contributed by atoms with Crippen LogP contribution in [0.1, 0.15) is 11.6 Å². The molecular formula is C12H16N2OS. The van der Waals surface area contributed by atoms with Gasteiger partial charge in [-0.05, 0) is 5.56 Å². The van der Waals surface area contributed by atoms with Crippen LogP contribution < -0.4 is 5.32 Å². The van der Waals surface area contributed by atoms with Gasteiger partial charge in [0.05, 0.1) is 19.2 Å². The molecule has 1 aromatic rings. The molecule has 0 saturated carbocycles. The van der Waals surface area contributed by atoms with E-state index in [1.54, 1.807) is 18.9 Å². The number of hydrogen-bond donors (Lipinski definition) is 1. The van der Waals surface area contributed by atoms with Gasteiger partial charge >= 0.3 is 0 Å². The summed E-state index contributed by atoms with van der Waals surface area (Å²) in [6.07, 6.45) is 0. The van der Waals surface area contributed by atoms with E-state index in [0.29, 0.717) is 12.6 Å². The number of benzene rings is 1. The van der Waals surface area contributed by atoms with Gasteiger partial charge in [-0.1, -0.05) is 42.1 Å². The molecule has 1 unspecified atom stereocenters. The quantitative estimate of drug-likeness (QED) is 0.813. The van der Waals surface area contributed by atoms with Gasteiger partial charge in [-0.25, -0.2) is 0 Å². The second-order valence-electron chi connectivity index (χ2n) is 3.60. The van der Waals surface area contributed by atoms with Crippen LogP contribution in [0.25, 0.3) is 0 Å². The molecule has 1 aromatic carbocycles. The van der Waals surface area contributed by atoms with E-state index in [2.05, 4.69) is 34.6 Å².